The predicted molar refractivity (Wildman–Crippen MR) is 122 cm³/mol. The van der Waals surface area contributed by atoms with Crippen LogP contribution in [0.15, 0.2) is 59.1 Å². The minimum Gasteiger partial charge on any atom is -0.497 e. The summed E-state index contributed by atoms with van der Waals surface area (Å²) in [6.07, 6.45) is 1.14. The summed E-state index contributed by atoms with van der Waals surface area (Å²) in [4.78, 5) is 29.1. The fourth-order valence-electron chi connectivity index (χ4n) is 3.30. The van der Waals surface area contributed by atoms with Crippen LogP contribution in [0.4, 0.5) is 0 Å². The average molecular weight is 452 g/mol. The van der Waals surface area contributed by atoms with Crippen molar-refractivity contribution in [1.29, 1.82) is 0 Å². The molecule has 0 aliphatic heterocycles. The van der Waals surface area contributed by atoms with Gasteiger partial charge in [-0.15, -0.1) is 0 Å². The second-order valence-electron chi connectivity index (χ2n) is 7.87. The maximum Gasteiger partial charge on any atom is 0.308 e. The van der Waals surface area contributed by atoms with E-state index in [9.17, 15) is 9.59 Å². The van der Waals surface area contributed by atoms with Gasteiger partial charge in [0.1, 0.15) is 5.75 Å². The number of benzene rings is 2. The van der Waals surface area contributed by atoms with E-state index >= 15 is 0 Å². The highest BCUT2D eigenvalue weighted by Crippen LogP contribution is 2.21. The zero-order valence-corrected chi connectivity index (χ0v) is 19.1. The van der Waals surface area contributed by atoms with E-state index < -0.39 is 6.04 Å². The highest BCUT2D eigenvalue weighted by atomic mass is 16.5. The van der Waals surface area contributed by atoms with E-state index in [0.29, 0.717) is 24.6 Å². The first-order valence-electron chi connectivity index (χ1n) is 11.0. The number of carbonyl (C=O) groups is 2. The van der Waals surface area contributed by atoms with E-state index in [2.05, 4.69) is 15.5 Å². The Morgan fingerprint density at radius 1 is 1.06 bits per heavy atom. The summed E-state index contributed by atoms with van der Waals surface area (Å²) in [5.41, 5.74) is 1.68. The summed E-state index contributed by atoms with van der Waals surface area (Å²) in [5, 5.41) is 6.95. The summed E-state index contributed by atoms with van der Waals surface area (Å²) in [6, 6.07) is 16.3. The standard InChI is InChI=1S/C25H29N3O5/c1-17(2)32-24(30)16-21(18-8-5-4-6-9-18)26-22(29)10-7-11-23-27-25(28-33-23)19-12-14-20(31-3)15-13-19/h4-6,8-9,12-15,17,21H,7,10-11,16H2,1-3H3,(H,26,29). The molecule has 1 N–H and O–H groups in total. The Balaban J connectivity index is 1.52. The molecule has 8 nitrogen and oxygen atoms in total. The Morgan fingerprint density at radius 3 is 2.45 bits per heavy atom. The fourth-order valence-corrected chi connectivity index (χ4v) is 3.30. The molecule has 0 fully saturated rings. The average Bonchev–Trinajstić information content (AvgIpc) is 3.27. The van der Waals surface area contributed by atoms with Crippen LogP contribution < -0.4 is 10.1 Å². The molecule has 8 heteroatoms. The first-order chi connectivity index (χ1) is 15.9. The number of rotatable bonds is 11. The molecule has 3 aromatic rings. The molecule has 0 saturated carbocycles. The lowest BCUT2D eigenvalue weighted by Crippen LogP contribution is -2.31. The Morgan fingerprint density at radius 2 is 1.79 bits per heavy atom. The predicted octanol–water partition coefficient (Wildman–Crippen LogP) is 4.27. The molecule has 1 amide bonds. The van der Waals surface area contributed by atoms with Gasteiger partial charge in [0.25, 0.3) is 0 Å². The monoisotopic (exact) mass is 451 g/mol. The van der Waals surface area contributed by atoms with E-state index in [4.69, 9.17) is 14.0 Å². The molecule has 0 aliphatic carbocycles. The van der Waals surface area contributed by atoms with Crippen molar-refractivity contribution in [3.8, 4) is 17.1 Å². The highest BCUT2D eigenvalue weighted by molar-refractivity contribution is 5.78. The lowest BCUT2D eigenvalue weighted by atomic mass is 10.0. The quantitative estimate of drug-likeness (QED) is 0.434. The van der Waals surface area contributed by atoms with Crippen LogP contribution in [0.25, 0.3) is 11.4 Å². The zero-order valence-electron chi connectivity index (χ0n) is 19.1. The van der Waals surface area contributed by atoms with E-state index in [1.807, 2.05) is 54.6 Å². The lowest BCUT2D eigenvalue weighted by molar-refractivity contribution is -0.148. The lowest BCUT2D eigenvalue weighted by Gasteiger charge is -2.19. The number of esters is 1. The minimum absolute atomic E-state index is 0.0722. The van der Waals surface area contributed by atoms with E-state index in [0.717, 1.165) is 16.9 Å². The third-order valence-electron chi connectivity index (χ3n) is 4.89. The van der Waals surface area contributed by atoms with Gasteiger partial charge < -0.3 is 19.3 Å². The zero-order chi connectivity index (χ0) is 23.6. The molecular formula is C25H29N3O5. The molecule has 3 rings (SSSR count). The molecular weight excluding hydrogens is 422 g/mol. The molecule has 174 valence electrons. The molecule has 1 atom stereocenters. The van der Waals surface area contributed by atoms with Crippen LogP contribution in [0.1, 0.15) is 50.6 Å². The van der Waals surface area contributed by atoms with Gasteiger partial charge in [0.2, 0.25) is 17.6 Å². The Labute approximate surface area is 193 Å². The minimum atomic E-state index is -0.449. The summed E-state index contributed by atoms with van der Waals surface area (Å²) in [7, 11) is 1.61. The van der Waals surface area contributed by atoms with Crippen molar-refractivity contribution in [3.05, 3.63) is 66.1 Å². The number of hydrogen-bond acceptors (Lipinski definition) is 7. The number of nitrogens with zero attached hydrogens (tertiary/aromatic N) is 2. The third-order valence-corrected chi connectivity index (χ3v) is 4.89. The van der Waals surface area contributed by atoms with Gasteiger partial charge in [-0.05, 0) is 50.1 Å². The van der Waals surface area contributed by atoms with Crippen molar-refractivity contribution >= 4 is 11.9 Å². The van der Waals surface area contributed by atoms with Gasteiger partial charge >= 0.3 is 5.97 Å². The van der Waals surface area contributed by atoms with Gasteiger partial charge in [-0.1, -0.05) is 35.5 Å². The van der Waals surface area contributed by atoms with Crippen LogP contribution in [0.2, 0.25) is 0 Å². The largest absolute Gasteiger partial charge is 0.497 e. The second kappa shape index (κ2) is 11.8. The van der Waals surface area contributed by atoms with Crippen molar-refractivity contribution in [2.75, 3.05) is 7.11 Å². The number of aromatic nitrogens is 2. The smallest absolute Gasteiger partial charge is 0.308 e. The molecule has 1 heterocycles. The SMILES string of the molecule is COc1ccc(-c2noc(CCCC(=O)NC(CC(=O)OC(C)C)c3ccccc3)n2)cc1. The Kier molecular flexibility index (Phi) is 8.57. The molecule has 0 saturated heterocycles. The molecule has 2 aromatic carbocycles. The normalized spacial score (nSPS) is 11.8. The van der Waals surface area contributed by atoms with E-state index in [1.165, 1.54) is 0 Å². The number of hydrogen-bond donors (Lipinski definition) is 1. The number of aryl methyl sites for hydroxylation is 1. The summed E-state index contributed by atoms with van der Waals surface area (Å²) < 4.78 is 15.7. The Bertz CT molecular complexity index is 1030. The molecule has 0 bridgehead atoms. The van der Waals surface area contributed by atoms with Gasteiger partial charge in [-0.25, -0.2) is 0 Å². The summed E-state index contributed by atoms with van der Waals surface area (Å²) >= 11 is 0. The van der Waals surface area contributed by atoms with E-state index in [1.54, 1.807) is 21.0 Å². The van der Waals surface area contributed by atoms with Crippen LogP contribution in [0.5, 0.6) is 5.75 Å². The van der Waals surface area contributed by atoms with Crippen molar-refractivity contribution in [1.82, 2.24) is 15.5 Å². The highest BCUT2D eigenvalue weighted by Gasteiger charge is 2.20. The molecule has 0 aliphatic rings. The fraction of sp³-hybridized carbons (Fsp3) is 0.360. The van der Waals surface area contributed by atoms with Crippen molar-refractivity contribution in [2.24, 2.45) is 0 Å². The van der Waals surface area contributed by atoms with Gasteiger partial charge in [-0.3, -0.25) is 9.59 Å². The van der Waals surface area contributed by atoms with Crippen LogP contribution >= 0.6 is 0 Å². The number of amides is 1. The second-order valence-corrected chi connectivity index (χ2v) is 7.87. The molecule has 0 radical (unpaired) electrons. The maximum atomic E-state index is 12.6. The number of nitrogens with one attached hydrogen (secondary N) is 1. The van der Waals surface area contributed by atoms with Crippen molar-refractivity contribution in [3.63, 3.8) is 0 Å². The van der Waals surface area contributed by atoms with E-state index in [-0.39, 0.29) is 30.8 Å². The number of methoxy groups -OCH3 is 1. The number of carbonyl (C=O) groups excluding carboxylic acids is 2. The topological polar surface area (TPSA) is 104 Å². The third kappa shape index (κ3) is 7.45. The molecule has 0 spiro atoms. The van der Waals surface area contributed by atoms with Gasteiger partial charge in [0.15, 0.2) is 0 Å². The molecule has 33 heavy (non-hydrogen) atoms. The van der Waals surface area contributed by atoms with Crippen LogP contribution in [-0.2, 0) is 20.7 Å². The molecule has 1 unspecified atom stereocenters. The maximum absolute atomic E-state index is 12.6. The van der Waals surface area contributed by atoms with Gasteiger partial charge in [0, 0.05) is 18.4 Å². The summed E-state index contributed by atoms with van der Waals surface area (Å²) in [6.45, 7) is 3.59. The first-order valence-corrected chi connectivity index (χ1v) is 11.0. The van der Waals surface area contributed by atoms with Gasteiger partial charge in [-0.2, -0.15) is 4.98 Å². The van der Waals surface area contributed by atoms with Crippen molar-refractivity contribution < 1.29 is 23.6 Å². The number of ether oxygens (including phenoxy) is 2. The van der Waals surface area contributed by atoms with Gasteiger partial charge in [0.05, 0.1) is 25.7 Å². The Hall–Kier alpha value is -3.68. The van der Waals surface area contributed by atoms with Crippen LogP contribution in [0.3, 0.4) is 0 Å². The summed E-state index contributed by atoms with van der Waals surface area (Å²) in [5.74, 6) is 1.20. The first kappa shape index (κ1) is 24.0. The van der Waals surface area contributed by atoms with Crippen molar-refractivity contribution in [2.45, 2.75) is 51.7 Å². The van der Waals surface area contributed by atoms with Crippen LogP contribution in [0, 0.1) is 0 Å². The molecule has 1 aromatic heterocycles. The van der Waals surface area contributed by atoms with Crippen LogP contribution in [-0.4, -0.2) is 35.2 Å².